The first-order valence-corrected chi connectivity index (χ1v) is 8.85. The topological polar surface area (TPSA) is 45.6 Å². The zero-order valence-electron chi connectivity index (χ0n) is 14.3. The van der Waals surface area contributed by atoms with E-state index in [1.54, 1.807) is 24.6 Å². The van der Waals surface area contributed by atoms with Gasteiger partial charge in [-0.2, -0.15) is 0 Å². The number of thiophene rings is 1. The van der Waals surface area contributed by atoms with Gasteiger partial charge in [0, 0.05) is 40.5 Å². The molecular weight excluding hydrogens is 332 g/mol. The number of aliphatic hydroxyl groups excluding tert-OH is 1. The van der Waals surface area contributed by atoms with Crippen LogP contribution in [0.15, 0.2) is 41.9 Å². The lowest BCUT2D eigenvalue weighted by atomic mass is 10.1. The Morgan fingerprint density at radius 1 is 1.28 bits per heavy atom. The summed E-state index contributed by atoms with van der Waals surface area (Å²) in [4.78, 5) is 7.98. The SMILES string of the molecule is COc1ccc(CN(C)Cc2cc(C#CCO)cs2)c2cccnc12. The van der Waals surface area contributed by atoms with Gasteiger partial charge in [0.25, 0.3) is 0 Å². The molecule has 3 rings (SSSR count). The number of rotatable bonds is 5. The summed E-state index contributed by atoms with van der Waals surface area (Å²) >= 11 is 1.69. The molecule has 1 N–H and O–H groups in total. The number of hydrogen-bond acceptors (Lipinski definition) is 5. The van der Waals surface area contributed by atoms with Crippen molar-refractivity contribution in [3.8, 4) is 17.6 Å². The lowest BCUT2D eigenvalue weighted by molar-refractivity contribution is 0.323. The second kappa shape index (κ2) is 8.13. The number of fused-ring (bicyclic) bond motifs is 1. The maximum Gasteiger partial charge on any atom is 0.145 e. The fraction of sp³-hybridized carbons (Fsp3) is 0.250. The van der Waals surface area contributed by atoms with Crippen LogP contribution in [0, 0.1) is 11.8 Å². The third-order valence-electron chi connectivity index (χ3n) is 3.87. The molecule has 0 radical (unpaired) electrons. The summed E-state index contributed by atoms with van der Waals surface area (Å²) in [5.41, 5.74) is 3.08. The first-order valence-electron chi connectivity index (χ1n) is 7.97. The zero-order chi connectivity index (χ0) is 17.6. The number of benzene rings is 1. The van der Waals surface area contributed by atoms with E-state index in [9.17, 15) is 0 Å². The fourth-order valence-electron chi connectivity index (χ4n) is 2.79. The standard InChI is InChI=1S/C20H20N2O2S/c1-22(13-17-11-15(14-25-17)5-4-10-23)12-16-7-8-19(24-2)20-18(16)6-3-9-21-20/h3,6-9,11,14,23H,10,12-13H2,1-2H3. The third-order valence-corrected chi connectivity index (χ3v) is 4.80. The van der Waals surface area contributed by atoms with Crippen molar-refractivity contribution in [3.05, 3.63) is 57.9 Å². The van der Waals surface area contributed by atoms with Crippen molar-refractivity contribution < 1.29 is 9.84 Å². The van der Waals surface area contributed by atoms with Crippen LogP contribution in [0.1, 0.15) is 16.0 Å². The molecule has 0 unspecified atom stereocenters. The van der Waals surface area contributed by atoms with Crippen molar-refractivity contribution in [1.29, 1.82) is 0 Å². The largest absolute Gasteiger partial charge is 0.494 e. The monoisotopic (exact) mass is 352 g/mol. The molecule has 0 aliphatic carbocycles. The molecule has 2 heterocycles. The molecule has 3 aromatic rings. The van der Waals surface area contributed by atoms with Gasteiger partial charge in [-0.1, -0.05) is 24.0 Å². The van der Waals surface area contributed by atoms with Gasteiger partial charge in [0.1, 0.15) is 17.9 Å². The van der Waals surface area contributed by atoms with Gasteiger partial charge in [-0.05, 0) is 30.8 Å². The number of nitrogens with zero attached hydrogens (tertiary/aromatic N) is 2. The molecule has 0 saturated carbocycles. The maximum atomic E-state index is 8.78. The summed E-state index contributed by atoms with van der Waals surface area (Å²) in [5, 5.41) is 11.9. The highest BCUT2D eigenvalue weighted by molar-refractivity contribution is 7.10. The van der Waals surface area contributed by atoms with Crippen LogP contribution in [-0.4, -0.2) is 35.8 Å². The van der Waals surface area contributed by atoms with E-state index in [0.717, 1.165) is 35.3 Å². The predicted octanol–water partition coefficient (Wildman–Crippen LogP) is 3.28. The number of aromatic nitrogens is 1. The minimum absolute atomic E-state index is 0.107. The van der Waals surface area contributed by atoms with Gasteiger partial charge >= 0.3 is 0 Å². The Labute approximate surface area is 151 Å². The molecular formula is C20H20N2O2S. The summed E-state index contributed by atoms with van der Waals surface area (Å²) in [5.74, 6) is 6.42. The van der Waals surface area contributed by atoms with Crippen LogP contribution in [0.25, 0.3) is 10.9 Å². The van der Waals surface area contributed by atoms with Gasteiger partial charge in [-0.25, -0.2) is 0 Å². The van der Waals surface area contributed by atoms with Crippen molar-refractivity contribution in [2.45, 2.75) is 13.1 Å². The first kappa shape index (κ1) is 17.4. The van der Waals surface area contributed by atoms with Crippen molar-refractivity contribution in [2.24, 2.45) is 0 Å². The van der Waals surface area contributed by atoms with Crippen LogP contribution in [0.2, 0.25) is 0 Å². The quantitative estimate of drug-likeness (QED) is 0.716. The highest BCUT2D eigenvalue weighted by Crippen LogP contribution is 2.27. The molecule has 0 fully saturated rings. The second-order valence-corrected chi connectivity index (χ2v) is 6.76. The summed E-state index contributed by atoms with van der Waals surface area (Å²) in [7, 11) is 3.77. The highest BCUT2D eigenvalue weighted by atomic mass is 32.1. The average Bonchev–Trinajstić information content (AvgIpc) is 3.07. The third kappa shape index (κ3) is 4.18. The van der Waals surface area contributed by atoms with Crippen molar-refractivity contribution >= 4 is 22.2 Å². The van der Waals surface area contributed by atoms with Crippen LogP contribution in [0.5, 0.6) is 5.75 Å². The summed E-state index contributed by atoms with van der Waals surface area (Å²) in [6.07, 6.45) is 1.79. The normalized spacial score (nSPS) is 10.7. The van der Waals surface area contributed by atoms with E-state index in [4.69, 9.17) is 9.84 Å². The van der Waals surface area contributed by atoms with Crippen LogP contribution < -0.4 is 4.74 Å². The van der Waals surface area contributed by atoms with E-state index in [2.05, 4.69) is 47.0 Å². The lowest BCUT2D eigenvalue weighted by Gasteiger charge is -2.17. The lowest BCUT2D eigenvalue weighted by Crippen LogP contribution is -2.16. The highest BCUT2D eigenvalue weighted by Gasteiger charge is 2.10. The number of pyridine rings is 1. The molecule has 0 saturated heterocycles. The number of ether oxygens (including phenoxy) is 1. The smallest absolute Gasteiger partial charge is 0.145 e. The molecule has 4 nitrogen and oxygen atoms in total. The van der Waals surface area contributed by atoms with E-state index < -0.39 is 0 Å². The van der Waals surface area contributed by atoms with Gasteiger partial charge in [0.15, 0.2) is 0 Å². The Morgan fingerprint density at radius 2 is 2.16 bits per heavy atom. The Morgan fingerprint density at radius 3 is 2.96 bits per heavy atom. The minimum atomic E-state index is -0.107. The number of methoxy groups -OCH3 is 1. The van der Waals surface area contributed by atoms with E-state index >= 15 is 0 Å². The molecule has 5 heteroatoms. The Kier molecular flexibility index (Phi) is 5.67. The first-order chi connectivity index (χ1) is 12.2. The second-order valence-electron chi connectivity index (χ2n) is 5.76. The van der Waals surface area contributed by atoms with Gasteiger partial charge in [-0.15, -0.1) is 11.3 Å². The molecule has 1 aromatic carbocycles. The Balaban J connectivity index is 1.76. The molecule has 128 valence electrons. The van der Waals surface area contributed by atoms with Crippen molar-refractivity contribution in [3.63, 3.8) is 0 Å². The minimum Gasteiger partial charge on any atom is -0.494 e. The molecule has 0 bridgehead atoms. The number of aliphatic hydroxyl groups is 1. The molecule has 0 aliphatic rings. The summed E-state index contributed by atoms with van der Waals surface area (Å²) in [6, 6.07) is 10.2. The van der Waals surface area contributed by atoms with Crippen molar-refractivity contribution in [2.75, 3.05) is 20.8 Å². The number of hydrogen-bond donors (Lipinski definition) is 1. The van der Waals surface area contributed by atoms with Gasteiger partial charge < -0.3 is 9.84 Å². The molecule has 0 aliphatic heterocycles. The van der Waals surface area contributed by atoms with Gasteiger partial charge in [0.2, 0.25) is 0 Å². The van der Waals surface area contributed by atoms with E-state index in [1.165, 1.54) is 10.4 Å². The molecule has 2 aromatic heterocycles. The molecule has 25 heavy (non-hydrogen) atoms. The molecule has 0 spiro atoms. The predicted molar refractivity (Wildman–Crippen MR) is 102 cm³/mol. The van der Waals surface area contributed by atoms with E-state index in [0.29, 0.717) is 0 Å². The zero-order valence-corrected chi connectivity index (χ0v) is 15.1. The van der Waals surface area contributed by atoms with Crippen LogP contribution in [0.4, 0.5) is 0 Å². The fourth-order valence-corrected chi connectivity index (χ4v) is 3.69. The molecule has 0 atom stereocenters. The Bertz CT molecular complexity index is 924. The van der Waals surface area contributed by atoms with Crippen LogP contribution >= 0.6 is 11.3 Å². The maximum absolute atomic E-state index is 8.78. The van der Waals surface area contributed by atoms with E-state index in [1.807, 2.05) is 17.5 Å². The Hall–Kier alpha value is -2.39. The van der Waals surface area contributed by atoms with Gasteiger partial charge in [0.05, 0.1) is 7.11 Å². The summed E-state index contributed by atoms with van der Waals surface area (Å²) in [6.45, 7) is 1.56. The average molecular weight is 352 g/mol. The van der Waals surface area contributed by atoms with Gasteiger partial charge in [-0.3, -0.25) is 9.88 Å². The van der Waals surface area contributed by atoms with Crippen molar-refractivity contribution in [1.82, 2.24) is 9.88 Å². The van der Waals surface area contributed by atoms with Crippen LogP contribution in [-0.2, 0) is 13.1 Å². The molecule has 0 amide bonds. The van der Waals surface area contributed by atoms with Crippen LogP contribution in [0.3, 0.4) is 0 Å². The van der Waals surface area contributed by atoms with E-state index in [-0.39, 0.29) is 6.61 Å². The summed E-state index contributed by atoms with van der Waals surface area (Å²) < 4.78 is 5.41.